The van der Waals surface area contributed by atoms with Crippen LogP contribution in [0.2, 0.25) is 0 Å². The molecule has 1 heterocycles. The first-order valence-corrected chi connectivity index (χ1v) is 7.10. The van der Waals surface area contributed by atoms with E-state index in [0.717, 1.165) is 12.1 Å². The highest BCUT2D eigenvalue weighted by molar-refractivity contribution is 5.93. The zero-order valence-corrected chi connectivity index (χ0v) is 12.2. The monoisotopic (exact) mass is 283 g/mol. The number of nitrogens with zero attached hydrogens (tertiary/aromatic N) is 1. The van der Waals surface area contributed by atoms with Crippen LogP contribution in [0.5, 0.6) is 0 Å². The van der Waals surface area contributed by atoms with Crippen LogP contribution in [0.4, 0.5) is 8.78 Å². The molecule has 112 valence electrons. The number of allylic oxidation sites excluding steroid dienone is 2. The van der Waals surface area contributed by atoms with Crippen molar-refractivity contribution in [3.05, 3.63) is 24.6 Å². The molecule has 5 heteroatoms. The quantitative estimate of drug-likeness (QED) is 0.778. The lowest BCUT2D eigenvalue weighted by Crippen LogP contribution is -2.66. The second kappa shape index (κ2) is 5.64. The molecule has 1 unspecified atom stereocenters. The van der Waals surface area contributed by atoms with Gasteiger partial charge in [-0.05, 0) is 32.8 Å². The molecule has 1 aliphatic heterocycles. The third kappa shape index (κ3) is 2.92. The topological polar surface area (TPSA) is 36.4 Å². The molecular weight excluding hydrogens is 260 g/mol. The molecule has 3 nitrogen and oxygen atoms in total. The van der Waals surface area contributed by atoms with Crippen molar-refractivity contribution in [2.45, 2.75) is 45.1 Å². The third-order valence-corrected chi connectivity index (χ3v) is 4.27. The zero-order valence-electron chi connectivity index (χ0n) is 12.2. The highest BCUT2D eigenvalue weighted by atomic mass is 19.3. The lowest BCUT2D eigenvalue weighted by atomic mass is 9.65. The minimum atomic E-state index is -2.61. The molecular formula is C15H23F2N3. The van der Waals surface area contributed by atoms with E-state index >= 15 is 0 Å². The van der Waals surface area contributed by atoms with Gasteiger partial charge in [-0.15, -0.1) is 0 Å². The summed E-state index contributed by atoms with van der Waals surface area (Å²) in [4.78, 5) is 4.25. The number of nitrogens with one attached hydrogen (secondary N) is 2. The molecule has 0 aromatic rings. The SMILES string of the molecule is C=C(/N=C(C)\C=C/C)NC1CCC2(CNC2)C(F)(F)C1. The number of aliphatic imine (C=N–C) groups is 1. The summed E-state index contributed by atoms with van der Waals surface area (Å²) in [5.41, 5.74) is 0.00337. The van der Waals surface area contributed by atoms with Crippen LogP contribution in [0.15, 0.2) is 29.5 Å². The normalized spacial score (nSPS) is 28.4. The van der Waals surface area contributed by atoms with E-state index in [4.69, 9.17) is 0 Å². The smallest absolute Gasteiger partial charge is 0.258 e. The summed E-state index contributed by atoms with van der Waals surface area (Å²) in [5, 5.41) is 6.01. The van der Waals surface area contributed by atoms with Gasteiger partial charge in [-0.3, -0.25) is 0 Å². The summed E-state index contributed by atoms with van der Waals surface area (Å²) >= 11 is 0. The van der Waals surface area contributed by atoms with Crippen molar-refractivity contribution >= 4 is 5.71 Å². The van der Waals surface area contributed by atoms with E-state index in [-0.39, 0.29) is 12.5 Å². The number of hydrogen-bond acceptors (Lipinski definition) is 3. The van der Waals surface area contributed by atoms with Crippen molar-refractivity contribution in [1.29, 1.82) is 0 Å². The van der Waals surface area contributed by atoms with Crippen LogP contribution in [-0.4, -0.2) is 30.8 Å². The first-order chi connectivity index (χ1) is 9.38. The summed E-state index contributed by atoms with van der Waals surface area (Å²) in [6.45, 7) is 8.44. The van der Waals surface area contributed by atoms with Gasteiger partial charge in [-0.1, -0.05) is 12.7 Å². The Morgan fingerprint density at radius 3 is 2.65 bits per heavy atom. The Hall–Kier alpha value is -1.23. The molecule has 0 aromatic carbocycles. The van der Waals surface area contributed by atoms with Crippen LogP contribution in [0, 0.1) is 5.41 Å². The summed E-state index contributed by atoms with van der Waals surface area (Å²) < 4.78 is 28.5. The second-order valence-electron chi connectivity index (χ2n) is 5.87. The first kappa shape index (κ1) is 15.2. The van der Waals surface area contributed by atoms with Crippen molar-refractivity contribution in [1.82, 2.24) is 10.6 Å². The van der Waals surface area contributed by atoms with Crippen molar-refractivity contribution in [3.63, 3.8) is 0 Å². The molecule has 0 radical (unpaired) electrons. The Morgan fingerprint density at radius 2 is 2.15 bits per heavy atom. The largest absolute Gasteiger partial charge is 0.368 e. The molecule has 2 fully saturated rings. The van der Waals surface area contributed by atoms with E-state index in [1.807, 2.05) is 26.0 Å². The average molecular weight is 283 g/mol. The van der Waals surface area contributed by atoms with Crippen LogP contribution in [0.3, 0.4) is 0 Å². The van der Waals surface area contributed by atoms with E-state index in [2.05, 4.69) is 22.2 Å². The molecule has 1 saturated heterocycles. The van der Waals surface area contributed by atoms with Gasteiger partial charge in [0.05, 0.1) is 5.41 Å². The molecule has 0 amide bonds. The van der Waals surface area contributed by atoms with Gasteiger partial charge in [0.15, 0.2) is 0 Å². The van der Waals surface area contributed by atoms with E-state index in [9.17, 15) is 8.78 Å². The Kier molecular flexibility index (Phi) is 4.28. The fourth-order valence-electron chi connectivity index (χ4n) is 3.01. The van der Waals surface area contributed by atoms with Gasteiger partial charge in [-0.25, -0.2) is 13.8 Å². The third-order valence-electron chi connectivity index (χ3n) is 4.27. The average Bonchev–Trinajstić information content (AvgIpc) is 2.25. The van der Waals surface area contributed by atoms with Gasteiger partial charge in [0, 0.05) is 31.3 Å². The van der Waals surface area contributed by atoms with E-state index in [1.54, 1.807) is 0 Å². The van der Waals surface area contributed by atoms with Gasteiger partial charge in [0.25, 0.3) is 5.92 Å². The molecule has 1 aliphatic carbocycles. The Morgan fingerprint density at radius 1 is 1.45 bits per heavy atom. The van der Waals surface area contributed by atoms with Crippen molar-refractivity contribution in [2.24, 2.45) is 10.4 Å². The van der Waals surface area contributed by atoms with Crippen molar-refractivity contribution < 1.29 is 8.78 Å². The predicted molar refractivity (Wildman–Crippen MR) is 78.1 cm³/mol. The number of alkyl halides is 2. The molecule has 2 N–H and O–H groups in total. The summed E-state index contributed by atoms with van der Waals surface area (Å²) in [6.07, 6.45) is 4.90. The molecule has 2 rings (SSSR count). The number of hydrogen-bond donors (Lipinski definition) is 2. The van der Waals surface area contributed by atoms with Crippen LogP contribution >= 0.6 is 0 Å². The van der Waals surface area contributed by atoms with E-state index < -0.39 is 11.3 Å². The van der Waals surface area contributed by atoms with Gasteiger partial charge in [0.1, 0.15) is 5.82 Å². The molecule has 0 aromatic heterocycles. The molecule has 1 spiro atoms. The van der Waals surface area contributed by atoms with Crippen LogP contribution in [0.1, 0.15) is 33.1 Å². The lowest BCUT2D eigenvalue weighted by molar-refractivity contribution is -0.177. The van der Waals surface area contributed by atoms with Gasteiger partial charge in [-0.2, -0.15) is 0 Å². The maximum atomic E-state index is 14.2. The maximum Gasteiger partial charge on any atom is 0.258 e. The minimum Gasteiger partial charge on any atom is -0.368 e. The van der Waals surface area contributed by atoms with Gasteiger partial charge >= 0.3 is 0 Å². The van der Waals surface area contributed by atoms with E-state index in [1.165, 1.54) is 0 Å². The standard InChI is InChI=1S/C15H23F2N3/c1-4-5-11(2)19-12(3)20-13-6-7-14(9-18-10-14)15(16,17)8-13/h4-5,13,18,20H,3,6-10H2,1-2H3/b5-4-,19-11-. The highest BCUT2D eigenvalue weighted by Gasteiger charge is 2.59. The van der Waals surface area contributed by atoms with Crippen LogP contribution in [0.25, 0.3) is 0 Å². The Labute approximate surface area is 119 Å². The molecule has 1 saturated carbocycles. The maximum absolute atomic E-state index is 14.2. The first-order valence-electron chi connectivity index (χ1n) is 7.10. The van der Waals surface area contributed by atoms with E-state index in [0.29, 0.717) is 25.3 Å². The van der Waals surface area contributed by atoms with Gasteiger partial charge in [0.2, 0.25) is 0 Å². The number of rotatable bonds is 4. The Balaban J connectivity index is 1.92. The fourth-order valence-corrected chi connectivity index (χ4v) is 3.01. The van der Waals surface area contributed by atoms with Crippen molar-refractivity contribution in [3.8, 4) is 0 Å². The molecule has 1 atom stereocenters. The molecule has 20 heavy (non-hydrogen) atoms. The van der Waals surface area contributed by atoms with Crippen molar-refractivity contribution in [2.75, 3.05) is 13.1 Å². The van der Waals surface area contributed by atoms with Crippen LogP contribution in [-0.2, 0) is 0 Å². The van der Waals surface area contributed by atoms with Crippen LogP contribution < -0.4 is 10.6 Å². The molecule has 2 aliphatic rings. The summed E-state index contributed by atoms with van der Waals surface area (Å²) in [5.74, 6) is -2.15. The predicted octanol–water partition coefficient (Wildman–Crippen LogP) is 2.86. The zero-order chi connectivity index (χ0) is 14.8. The highest BCUT2D eigenvalue weighted by Crippen LogP contribution is 2.50. The summed E-state index contributed by atoms with van der Waals surface area (Å²) in [7, 11) is 0. The fraction of sp³-hybridized carbons (Fsp3) is 0.667. The number of halogens is 2. The second-order valence-corrected chi connectivity index (χ2v) is 5.87. The molecule has 0 bridgehead atoms. The Bertz CT molecular complexity index is 436. The lowest BCUT2D eigenvalue weighted by Gasteiger charge is -2.52. The minimum absolute atomic E-state index is 0.133. The summed E-state index contributed by atoms with van der Waals surface area (Å²) in [6, 6.07) is -0.245. The van der Waals surface area contributed by atoms with Gasteiger partial charge < -0.3 is 10.6 Å².